The zero-order valence-electron chi connectivity index (χ0n) is 11.6. The van der Waals surface area contributed by atoms with Gasteiger partial charge in [-0.05, 0) is 13.5 Å². The second-order valence-electron chi connectivity index (χ2n) is 4.36. The molecule has 0 spiro atoms. The lowest BCUT2D eigenvalue weighted by Gasteiger charge is -2.16. The molecular weight excluding hydrogens is 258 g/mol. The van der Waals surface area contributed by atoms with Crippen molar-refractivity contribution in [2.45, 2.75) is 26.9 Å². The zero-order chi connectivity index (χ0) is 13.7. The van der Waals surface area contributed by atoms with Crippen molar-refractivity contribution in [3.63, 3.8) is 0 Å². The molecule has 0 aliphatic carbocycles. The first-order valence-corrected chi connectivity index (χ1v) is 7.20. The highest BCUT2D eigenvalue weighted by Gasteiger charge is 2.06. The number of hydrogen-bond donors (Lipinski definition) is 1. The summed E-state index contributed by atoms with van der Waals surface area (Å²) < 4.78 is 0. The van der Waals surface area contributed by atoms with E-state index >= 15 is 0 Å². The molecule has 1 N–H and O–H groups in total. The Bertz CT molecular complexity index is 508. The fraction of sp³-hybridized carbons (Fsp3) is 0.462. The van der Waals surface area contributed by atoms with Crippen LogP contribution in [0.1, 0.15) is 23.3 Å². The van der Waals surface area contributed by atoms with Crippen LogP contribution in [0.25, 0.3) is 0 Å². The van der Waals surface area contributed by atoms with Crippen molar-refractivity contribution in [3.05, 3.63) is 34.2 Å². The molecule has 2 rings (SSSR count). The van der Waals surface area contributed by atoms with E-state index in [1.807, 2.05) is 26.4 Å². The Morgan fingerprint density at radius 3 is 2.68 bits per heavy atom. The van der Waals surface area contributed by atoms with Crippen LogP contribution in [0.5, 0.6) is 0 Å². The molecule has 19 heavy (non-hydrogen) atoms. The molecule has 5 nitrogen and oxygen atoms in total. The molecule has 102 valence electrons. The molecule has 0 radical (unpaired) electrons. The van der Waals surface area contributed by atoms with Crippen molar-refractivity contribution in [3.8, 4) is 0 Å². The van der Waals surface area contributed by atoms with Crippen molar-refractivity contribution in [2.75, 3.05) is 18.5 Å². The van der Waals surface area contributed by atoms with E-state index in [4.69, 9.17) is 0 Å². The van der Waals surface area contributed by atoms with Crippen molar-refractivity contribution in [1.29, 1.82) is 0 Å². The minimum atomic E-state index is 0.756. The summed E-state index contributed by atoms with van der Waals surface area (Å²) in [6.45, 7) is 6.55. The molecule has 0 aliphatic rings. The van der Waals surface area contributed by atoms with Gasteiger partial charge in [0.05, 0.1) is 35.3 Å². The summed E-state index contributed by atoms with van der Waals surface area (Å²) in [6.07, 6.45) is 3.63. The van der Waals surface area contributed by atoms with Crippen LogP contribution in [0.15, 0.2) is 17.8 Å². The van der Waals surface area contributed by atoms with Gasteiger partial charge >= 0.3 is 0 Å². The smallest absolute Gasteiger partial charge is 0.147 e. The maximum absolute atomic E-state index is 4.45. The van der Waals surface area contributed by atoms with Crippen LogP contribution in [0.3, 0.4) is 0 Å². The molecule has 2 aromatic rings. The van der Waals surface area contributed by atoms with Crippen LogP contribution in [0.2, 0.25) is 0 Å². The Morgan fingerprint density at radius 1 is 1.26 bits per heavy atom. The van der Waals surface area contributed by atoms with Gasteiger partial charge < -0.3 is 10.2 Å². The minimum Gasteiger partial charge on any atom is -0.352 e. The third-order valence-corrected chi connectivity index (χ3v) is 3.53. The van der Waals surface area contributed by atoms with Gasteiger partial charge in [-0.25, -0.2) is 9.97 Å². The van der Waals surface area contributed by atoms with Crippen molar-refractivity contribution in [2.24, 2.45) is 0 Å². The second kappa shape index (κ2) is 6.58. The molecule has 0 saturated heterocycles. The lowest BCUT2D eigenvalue weighted by molar-refractivity contribution is 0.705. The highest BCUT2D eigenvalue weighted by Crippen LogP contribution is 2.13. The van der Waals surface area contributed by atoms with E-state index in [-0.39, 0.29) is 0 Å². The van der Waals surface area contributed by atoms with Crippen LogP contribution in [0.4, 0.5) is 5.82 Å². The number of hydrogen-bond acceptors (Lipinski definition) is 6. The summed E-state index contributed by atoms with van der Waals surface area (Å²) in [6, 6.07) is 0. The minimum absolute atomic E-state index is 0.756. The Hall–Kier alpha value is -1.53. The van der Waals surface area contributed by atoms with Crippen molar-refractivity contribution in [1.82, 2.24) is 20.3 Å². The first-order valence-electron chi connectivity index (χ1n) is 6.33. The van der Waals surface area contributed by atoms with Crippen LogP contribution in [-0.4, -0.2) is 28.5 Å². The second-order valence-corrected chi connectivity index (χ2v) is 5.42. The average molecular weight is 277 g/mol. The Labute approximate surface area is 117 Å². The molecule has 0 unspecified atom stereocenters. The molecule has 6 heteroatoms. The Kier molecular flexibility index (Phi) is 4.81. The lowest BCUT2D eigenvalue weighted by atomic mass is 10.4. The molecule has 2 aromatic heterocycles. The summed E-state index contributed by atoms with van der Waals surface area (Å²) >= 11 is 1.67. The fourth-order valence-corrected chi connectivity index (χ4v) is 2.30. The van der Waals surface area contributed by atoms with Crippen LogP contribution in [-0.2, 0) is 13.1 Å². The van der Waals surface area contributed by atoms with Gasteiger partial charge in [0.25, 0.3) is 0 Å². The van der Waals surface area contributed by atoms with Gasteiger partial charge in [0.2, 0.25) is 0 Å². The Morgan fingerprint density at radius 2 is 2.11 bits per heavy atom. The van der Waals surface area contributed by atoms with Gasteiger partial charge in [-0.3, -0.25) is 4.98 Å². The average Bonchev–Trinajstić information content (AvgIpc) is 2.82. The fourth-order valence-electron chi connectivity index (χ4n) is 1.69. The number of rotatable bonds is 6. The first kappa shape index (κ1) is 13.9. The van der Waals surface area contributed by atoms with E-state index in [1.54, 1.807) is 11.3 Å². The largest absolute Gasteiger partial charge is 0.352 e. The maximum atomic E-state index is 4.45. The summed E-state index contributed by atoms with van der Waals surface area (Å²) in [4.78, 5) is 15.3. The molecule has 0 aromatic carbocycles. The molecule has 2 heterocycles. The van der Waals surface area contributed by atoms with Crippen molar-refractivity contribution >= 4 is 17.2 Å². The molecular formula is C13H19N5S. The van der Waals surface area contributed by atoms with Gasteiger partial charge in [-0.15, -0.1) is 11.3 Å². The molecule has 0 bridgehead atoms. The molecule has 0 amide bonds. The van der Waals surface area contributed by atoms with E-state index in [0.29, 0.717) is 0 Å². The topological polar surface area (TPSA) is 53.9 Å². The summed E-state index contributed by atoms with van der Waals surface area (Å²) in [5, 5.41) is 6.41. The molecule has 0 saturated carbocycles. The summed E-state index contributed by atoms with van der Waals surface area (Å²) in [7, 11) is 2.00. The summed E-state index contributed by atoms with van der Waals surface area (Å²) in [5.41, 5.74) is 2.03. The monoisotopic (exact) mass is 277 g/mol. The van der Waals surface area contributed by atoms with E-state index in [2.05, 4.69) is 37.5 Å². The Balaban J connectivity index is 1.97. The number of anilines is 1. The standard InChI is InChI=1S/C13H19N5S/c1-4-14-5-11-6-16-13(7-15-11)18(3)8-12-9-19-10(2)17-12/h6-7,9,14H,4-5,8H2,1-3H3. The number of nitrogens with one attached hydrogen (secondary N) is 1. The molecule has 0 aliphatic heterocycles. The van der Waals surface area contributed by atoms with E-state index in [1.165, 1.54) is 0 Å². The number of nitrogens with zero attached hydrogens (tertiary/aromatic N) is 4. The van der Waals surface area contributed by atoms with Gasteiger partial charge in [0.15, 0.2) is 0 Å². The number of aryl methyl sites for hydroxylation is 1. The van der Waals surface area contributed by atoms with Crippen LogP contribution >= 0.6 is 11.3 Å². The van der Waals surface area contributed by atoms with Gasteiger partial charge in [0.1, 0.15) is 5.82 Å². The van der Waals surface area contributed by atoms with Gasteiger partial charge in [0, 0.05) is 19.0 Å². The highest BCUT2D eigenvalue weighted by atomic mass is 32.1. The third-order valence-electron chi connectivity index (χ3n) is 2.70. The third kappa shape index (κ3) is 3.97. The molecule has 0 atom stereocenters. The normalized spacial score (nSPS) is 10.7. The van der Waals surface area contributed by atoms with Crippen LogP contribution in [0, 0.1) is 6.92 Å². The van der Waals surface area contributed by atoms with E-state index < -0.39 is 0 Å². The van der Waals surface area contributed by atoms with Crippen molar-refractivity contribution < 1.29 is 0 Å². The van der Waals surface area contributed by atoms with Crippen LogP contribution < -0.4 is 10.2 Å². The lowest BCUT2D eigenvalue weighted by Crippen LogP contribution is -2.19. The number of thiazole rings is 1. The number of aromatic nitrogens is 3. The predicted molar refractivity (Wildman–Crippen MR) is 78.4 cm³/mol. The first-order chi connectivity index (χ1) is 9.19. The zero-order valence-corrected chi connectivity index (χ0v) is 12.4. The van der Waals surface area contributed by atoms with E-state index in [9.17, 15) is 0 Å². The highest BCUT2D eigenvalue weighted by molar-refractivity contribution is 7.09. The molecule has 0 fully saturated rings. The maximum Gasteiger partial charge on any atom is 0.147 e. The SMILES string of the molecule is CCNCc1cnc(N(C)Cc2csc(C)n2)cn1. The summed E-state index contributed by atoms with van der Waals surface area (Å²) in [5.74, 6) is 0.867. The van der Waals surface area contributed by atoms with Gasteiger partial charge in [-0.1, -0.05) is 6.92 Å². The van der Waals surface area contributed by atoms with Gasteiger partial charge in [-0.2, -0.15) is 0 Å². The quantitative estimate of drug-likeness (QED) is 0.875. The predicted octanol–water partition coefficient (Wildman–Crippen LogP) is 1.99. The van der Waals surface area contributed by atoms with E-state index in [0.717, 1.165) is 41.8 Å².